The molecule has 2 aromatic carbocycles. The number of nitrogens with zero attached hydrogens (tertiary/aromatic N) is 5. The third-order valence-electron chi connectivity index (χ3n) is 6.35. The molecule has 0 aliphatic carbocycles. The van der Waals surface area contributed by atoms with E-state index in [-0.39, 0.29) is 24.1 Å². The van der Waals surface area contributed by atoms with Crippen molar-refractivity contribution in [1.82, 2.24) is 19.1 Å². The van der Waals surface area contributed by atoms with Crippen molar-refractivity contribution >= 4 is 28.1 Å². The lowest BCUT2D eigenvalue weighted by Crippen LogP contribution is -2.54. The Morgan fingerprint density at radius 1 is 1.06 bits per heavy atom. The van der Waals surface area contributed by atoms with Crippen molar-refractivity contribution in [2.75, 3.05) is 24.5 Å². The number of carbonyl (C=O) groups is 1. The lowest BCUT2D eigenvalue weighted by atomic mass is 10.1. The van der Waals surface area contributed by atoms with Gasteiger partial charge in [0, 0.05) is 48.5 Å². The summed E-state index contributed by atoms with van der Waals surface area (Å²) >= 11 is 0. The summed E-state index contributed by atoms with van der Waals surface area (Å²) in [6.07, 6.45) is 0. The maximum Gasteiger partial charge on any atom is 0.273 e. The summed E-state index contributed by atoms with van der Waals surface area (Å²) in [5.41, 5.74) is 4.43. The minimum absolute atomic E-state index is 0.0708. The SMILES string of the molecule is Cc1cccc(N2CCN(C(=O)Cn3c4ccccc4c4nc(=O)cc(C)n43)CC2C)c1. The van der Waals surface area contributed by atoms with Crippen molar-refractivity contribution in [2.45, 2.75) is 33.4 Å². The van der Waals surface area contributed by atoms with Crippen LogP contribution < -0.4 is 10.5 Å². The molecule has 7 nitrogen and oxygen atoms in total. The molecule has 164 valence electrons. The Labute approximate surface area is 186 Å². The predicted octanol–water partition coefficient (Wildman–Crippen LogP) is 3.00. The zero-order valence-electron chi connectivity index (χ0n) is 18.7. The smallest absolute Gasteiger partial charge is 0.273 e. The quantitative estimate of drug-likeness (QED) is 0.502. The average molecular weight is 430 g/mol. The van der Waals surface area contributed by atoms with Crippen molar-refractivity contribution in [3.05, 3.63) is 76.2 Å². The molecule has 0 spiro atoms. The minimum atomic E-state index is -0.266. The van der Waals surface area contributed by atoms with E-state index in [0.717, 1.165) is 23.1 Å². The van der Waals surface area contributed by atoms with E-state index in [1.807, 2.05) is 45.3 Å². The van der Waals surface area contributed by atoms with Gasteiger partial charge in [0.05, 0.1) is 5.52 Å². The van der Waals surface area contributed by atoms with Gasteiger partial charge in [0.2, 0.25) is 5.91 Å². The van der Waals surface area contributed by atoms with Gasteiger partial charge >= 0.3 is 0 Å². The summed E-state index contributed by atoms with van der Waals surface area (Å²) < 4.78 is 3.82. The van der Waals surface area contributed by atoms with Crippen LogP contribution in [0.3, 0.4) is 0 Å². The van der Waals surface area contributed by atoms with E-state index in [0.29, 0.717) is 18.7 Å². The lowest BCUT2D eigenvalue weighted by molar-refractivity contribution is -0.132. The number of rotatable bonds is 3. The number of amides is 1. The van der Waals surface area contributed by atoms with Crippen molar-refractivity contribution in [3.63, 3.8) is 0 Å². The number of fused-ring (bicyclic) bond motifs is 3. The monoisotopic (exact) mass is 429 g/mol. The molecule has 2 aromatic heterocycles. The average Bonchev–Trinajstić information content (AvgIpc) is 3.07. The Hall–Kier alpha value is -3.61. The van der Waals surface area contributed by atoms with Crippen LogP contribution >= 0.6 is 0 Å². The fourth-order valence-corrected chi connectivity index (χ4v) is 4.82. The minimum Gasteiger partial charge on any atom is -0.365 e. The van der Waals surface area contributed by atoms with Crippen LogP contribution in [0.25, 0.3) is 16.6 Å². The van der Waals surface area contributed by atoms with Gasteiger partial charge < -0.3 is 9.80 Å². The number of hydrogen-bond donors (Lipinski definition) is 0. The molecule has 1 amide bonds. The van der Waals surface area contributed by atoms with Crippen molar-refractivity contribution in [1.29, 1.82) is 0 Å². The molecule has 0 N–H and O–H groups in total. The largest absolute Gasteiger partial charge is 0.365 e. The van der Waals surface area contributed by atoms with Crippen LogP contribution in [-0.2, 0) is 11.3 Å². The first-order valence-corrected chi connectivity index (χ1v) is 11.0. The third kappa shape index (κ3) is 3.43. The molecule has 32 heavy (non-hydrogen) atoms. The molecule has 1 unspecified atom stereocenters. The fraction of sp³-hybridized carbons (Fsp3) is 0.320. The van der Waals surface area contributed by atoms with Crippen LogP contribution in [0.15, 0.2) is 59.4 Å². The normalized spacial score (nSPS) is 16.8. The van der Waals surface area contributed by atoms with Crippen molar-refractivity contribution < 1.29 is 4.79 Å². The lowest BCUT2D eigenvalue weighted by Gasteiger charge is -2.41. The Morgan fingerprint density at radius 2 is 1.88 bits per heavy atom. The second kappa shape index (κ2) is 7.82. The van der Waals surface area contributed by atoms with Gasteiger partial charge in [-0.05, 0) is 50.6 Å². The number of benzene rings is 2. The maximum absolute atomic E-state index is 13.4. The predicted molar refractivity (Wildman–Crippen MR) is 126 cm³/mol. The van der Waals surface area contributed by atoms with Gasteiger partial charge in [0.25, 0.3) is 5.56 Å². The Balaban J connectivity index is 1.43. The molecule has 1 atom stereocenters. The molecule has 0 radical (unpaired) electrons. The highest BCUT2D eigenvalue weighted by Gasteiger charge is 2.28. The molecular formula is C25H27N5O2. The Kier molecular flexibility index (Phi) is 4.96. The molecule has 4 aromatic rings. The molecule has 5 rings (SSSR count). The highest BCUT2D eigenvalue weighted by atomic mass is 16.2. The van der Waals surface area contributed by atoms with Gasteiger partial charge in [0.1, 0.15) is 6.54 Å². The zero-order chi connectivity index (χ0) is 22.4. The summed E-state index contributed by atoms with van der Waals surface area (Å²) in [4.78, 5) is 33.9. The van der Waals surface area contributed by atoms with E-state index in [1.54, 1.807) is 0 Å². The zero-order valence-corrected chi connectivity index (χ0v) is 18.7. The van der Waals surface area contributed by atoms with Crippen LogP contribution in [-0.4, -0.2) is 50.7 Å². The maximum atomic E-state index is 13.4. The van der Waals surface area contributed by atoms with Crippen LogP contribution in [0.2, 0.25) is 0 Å². The van der Waals surface area contributed by atoms with Gasteiger partial charge in [-0.3, -0.25) is 14.3 Å². The van der Waals surface area contributed by atoms with E-state index < -0.39 is 0 Å². The van der Waals surface area contributed by atoms with Gasteiger partial charge in [-0.25, -0.2) is 4.52 Å². The second-order valence-corrected chi connectivity index (χ2v) is 8.67. The fourth-order valence-electron chi connectivity index (χ4n) is 4.82. The second-order valence-electron chi connectivity index (χ2n) is 8.67. The topological polar surface area (TPSA) is 62.9 Å². The molecule has 7 heteroatoms. The first-order chi connectivity index (χ1) is 15.4. The van der Waals surface area contributed by atoms with Crippen LogP contribution in [0.1, 0.15) is 18.2 Å². The van der Waals surface area contributed by atoms with E-state index >= 15 is 0 Å². The van der Waals surface area contributed by atoms with Gasteiger partial charge in [-0.15, -0.1) is 0 Å². The van der Waals surface area contributed by atoms with E-state index in [2.05, 4.69) is 48.0 Å². The van der Waals surface area contributed by atoms with Crippen molar-refractivity contribution in [2.24, 2.45) is 0 Å². The van der Waals surface area contributed by atoms with Gasteiger partial charge in [-0.1, -0.05) is 24.3 Å². The summed E-state index contributed by atoms with van der Waals surface area (Å²) in [7, 11) is 0. The number of aromatic nitrogens is 3. The van der Waals surface area contributed by atoms with Crippen LogP contribution in [0.5, 0.6) is 0 Å². The first kappa shape index (κ1) is 20.3. The summed E-state index contributed by atoms with van der Waals surface area (Å²) in [5.74, 6) is 0.0708. The molecule has 1 aliphatic rings. The molecule has 0 saturated carbocycles. The third-order valence-corrected chi connectivity index (χ3v) is 6.35. The van der Waals surface area contributed by atoms with E-state index in [1.165, 1.54) is 17.3 Å². The molecule has 0 bridgehead atoms. The highest BCUT2D eigenvalue weighted by Crippen LogP contribution is 2.24. The Bertz CT molecular complexity index is 1390. The number of piperazine rings is 1. The number of para-hydroxylation sites is 1. The van der Waals surface area contributed by atoms with E-state index in [9.17, 15) is 9.59 Å². The van der Waals surface area contributed by atoms with Gasteiger partial charge in [0.15, 0.2) is 5.65 Å². The highest BCUT2D eigenvalue weighted by molar-refractivity contribution is 5.93. The Morgan fingerprint density at radius 3 is 2.66 bits per heavy atom. The number of anilines is 1. The molecule has 1 aliphatic heterocycles. The molecule has 1 saturated heterocycles. The summed E-state index contributed by atoms with van der Waals surface area (Å²) in [6.45, 7) is 8.50. The summed E-state index contributed by atoms with van der Waals surface area (Å²) in [6, 6.07) is 18.0. The molecule has 1 fully saturated rings. The summed E-state index contributed by atoms with van der Waals surface area (Å²) in [5, 5.41) is 0.874. The number of carbonyl (C=O) groups excluding carboxylic acids is 1. The van der Waals surface area contributed by atoms with Crippen LogP contribution in [0.4, 0.5) is 5.69 Å². The molecular weight excluding hydrogens is 402 g/mol. The van der Waals surface area contributed by atoms with Gasteiger partial charge in [-0.2, -0.15) is 4.98 Å². The number of hydrogen-bond acceptors (Lipinski definition) is 4. The standard InChI is InChI=1S/C25H27N5O2/c1-17-7-6-8-20(13-17)28-12-11-27(15-19(28)3)24(32)16-29-22-10-5-4-9-21(22)25-26-23(31)14-18(2)30(25)29/h4-10,13-14,19H,11-12,15-16H2,1-3H3. The first-order valence-electron chi connectivity index (χ1n) is 11.0. The van der Waals surface area contributed by atoms with Crippen LogP contribution in [0, 0.1) is 13.8 Å². The number of aryl methyl sites for hydroxylation is 2. The van der Waals surface area contributed by atoms with E-state index in [4.69, 9.17) is 0 Å². The molecule has 3 heterocycles. The van der Waals surface area contributed by atoms with Crippen molar-refractivity contribution in [3.8, 4) is 0 Å².